The minimum Gasteiger partial charge on any atom is -0.353 e. The first-order valence-electron chi connectivity index (χ1n) is 10.1. The summed E-state index contributed by atoms with van der Waals surface area (Å²) in [6.45, 7) is 6.84. The summed E-state index contributed by atoms with van der Waals surface area (Å²) < 4.78 is 0. The number of aromatic nitrogens is 2. The number of anilines is 1. The van der Waals surface area contributed by atoms with Crippen LogP contribution in [0.4, 0.5) is 5.82 Å². The molecule has 1 atom stereocenters. The molecule has 0 radical (unpaired) electrons. The Bertz CT molecular complexity index is 748. The van der Waals surface area contributed by atoms with Crippen LogP contribution in [0.2, 0.25) is 0 Å². The zero-order chi connectivity index (χ0) is 19.2. The van der Waals surface area contributed by atoms with Crippen LogP contribution in [0.15, 0.2) is 48.9 Å². The molecule has 28 heavy (non-hydrogen) atoms. The van der Waals surface area contributed by atoms with Gasteiger partial charge in [-0.05, 0) is 23.8 Å². The van der Waals surface area contributed by atoms with Gasteiger partial charge in [-0.15, -0.1) is 0 Å². The third-order valence-corrected chi connectivity index (χ3v) is 5.64. The topological polar surface area (TPSA) is 64.6 Å². The van der Waals surface area contributed by atoms with Gasteiger partial charge in [0.2, 0.25) is 5.91 Å². The van der Waals surface area contributed by atoms with E-state index in [4.69, 9.17) is 0 Å². The van der Waals surface area contributed by atoms with Crippen molar-refractivity contribution < 1.29 is 4.79 Å². The molecule has 2 aliphatic rings. The number of carbonyl (C=O) groups excluding carboxylic acids is 1. The van der Waals surface area contributed by atoms with Gasteiger partial charge in [-0.25, -0.2) is 4.98 Å². The highest BCUT2D eigenvalue weighted by atomic mass is 16.2. The smallest absolute Gasteiger partial charge is 0.223 e. The molecule has 0 aliphatic carbocycles. The van der Waals surface area contributed by atoms with E-state index in [2.05, 4.69) is 31.2 Å². The summed E-state index contributed by atoms with van der Waals surface area (Å²) >= 11 is 0. The molecular formula is C21H28N6O. The van der Waals surface area contributed by atoms with Crippen LogP contribution in [0.3, 0.4) is 0 Å². The molecule has 2 saturated heterocycles. The lowest BCUT2D eigenvalue weighted by Gasteiger charge is -2.38. The van der Waals surface area contributed by atoms with Crippen molar-refractivity contribution in [1.29, 1.82) is 0 Å². The maximum atomic E-state index is 12.8. The molecule has 7 nitrogen and oxygen atoms in total. The van der Waals surface area contributed by atoms with Gasteiger partial charge in [-0.2, -0.15) is 0 Å². The van der Waals surface area contributed by atoms with Crippen LogP contribution in [0.1, 0.15) is 18.0 Å². The first-order valence-corrected chi connectivity index (χ1v) is 10.1. The van der Waals surface area contributed by atoms with E-state index in [0.29, 0.717) is 6.42 Å². The van der Waals surface area contributed by atoms with Gasteiger partial charge in [0.25, 0.3) is 0 Å². The monoisotopic (exact) mass is 380 g/mol. The van der Waals surface area contributed by atoms with Crippen molar-refractivity contribution in [3.05, 3.63) is 54.5 Å². The molecular weight excluding hydrogens is 352 g/mol. The summed E-state index contributed by atoms with van der Waals surface area (Å²) in [6, 6.07) is 10.4. The van der Waals surface area contributed by atoms with Gasteiger partial charge in [-0.3, -0.25) is 14.7 Å². The molecule has 7 heteroatoms. The van der Waals surface area contributed by atoms with Gasteiger partial charge >= 0.3 is 0 Å². The average Bonchev–Trinajstić information content (AvgIpc) is 2.79. The van der Waals surface area contributed by atoms with E-state index < -0.39 is 0 Å². The lowest BCUT2D eigenvalue weighted by Crippen LogP contribution is -2.50. The van der Waals surface area contributed by atoms with E-state index in [-0.39, 0.29) is 11.9 Å². The summed E-state index contributed by atoms with van der Waals surface area (Å²) in [5.41, 5.74) is 1.21. The minimum absolute atomic E-state index is 0.254. The van der Waals surface area contributed by atoms with E-state index >= 15 is 0 Å². The van der Waals surface area contributed by atoms with Crippen LogP contribution >= 0.6 is 0 Å². The fraction of sp³-hybridized carbons (Fsp3) is 0.476. The number of hydrogen-bond acceptors (Lipinski definition) is 6. The normalized spacial score (nSPS) is 20.9. The Labute approximate surface area is 166 Å². The van der Waals surface area contributed by atoms with Crippen molar-refractivity contribution in [3.63, 3.8) is 0 Å². The zero-order valence-corrected chi connectivity index (χ0v) is 16.2. The van der Waals surface area contributed by atoms with Gasteiger partial charge in [-0.1, -0.05) is 12.1 Å². The van der Waals surface area contributed by atoms with E-state index in [1.54, 1.807) is 6.20 Å². The molecule has 1 unspecified atom stereocenters. The number of nitrogens with one attached hydrogen (secondary N) is 1. The summed E-state index contributed by atoms with van der Waals surface area (Å²) in [5.74, 6) is 1.25. The summed E-state index contributed by atoms with van der Waals surface area (Å²) in [4.78, 5) is 28.1. The van der Waals surface area contributed by atoms with Crippen LogP contribution in [0.25, 0.3) is 0 Å². The quantitative estimate of drug-likeness (QED) is 0.840. The Morgan fingerprint density at radius 2 is 1.96 bits per heavy atom. The Kier molecular flexibility index (Phi) is 6.14. The summed E-state index contributed by atoms with van der Waals surface area (Å²) in [6.07, 6.45) is 6.13. The lowest BCUT2D eigenvalue weighted by atomic mass is 10.0. The zero-order valence-electron chi connectivity index (χ0n) is 16.2. The van der Waals surface area contributed by atoms with Gasteiger partial charge < -0.3 is 15.1 Å². The SMILES string of the molecule is O=C(CCN1CCNCC1c1cccnc1)N1CCN(c2ccccn2)CC1. The fourth-order valence-electron chi connectivity index (χ4n) is 4.04. The molecule has 0 saturated carbocycles. The number of amides is 1. The molecule has 2 aromatic rings. The first-order chi connectivity index (χ1) is 13.8. The second-order valence-corrected chi connectivity index (χ2v) is 7.35. The number of hydrogen-bond donors (Lipinski definition) is 1. The predicted octanol–water partition coefficient (Wildman–Crippen LogP) is 1.16. The molecule has 148 valence electrons. The standard InChI is InChI=1S/C21H28N6O/c28-21(27-14-12-26(13-15-27)20-5-1-2-8-24-20)6-10-25-11-9-23-17-19(25)18-4-3-7-22-16-18/h1-5,7-8,16,19,23H,6,9-15,17H2. The van der Waals surface area contributed by atoms with Gasteiger partial charge in [0.15, 0.2) is 0 Å². The van der Waals surface area contributed by atoms with Crippen molar-refractivity contribution in [3.8, 4) is 0 Å². The van der Waals surface area contributed by atoms with E-state index in [1.165, 1.54) is 5.56 Å². The highest BCUT2D eigenvalue weighted by molar-refractivity contribution is 5.76. The molecule has 0 aromatic carbocycles. The number of carbonyl (C=O) groups is 1. The largest absolute Gasteiger partial charge is 0.353 e. The van der Waals surface area contributed by atoms with Gasteiger partial charge in [0.1, 0.15) is 5.82 Å². The average molecular weight is 380 g/mol. The molecule has 0 spiro atoms. The summed E-state index contributed by atoms with van der Waals surface area (Å²) in [7, 11) is 0. The summed E-state index contributed by atoms with van der Waals surface area (Å²) in [5, 5.41) is 3.46. The maximum absolute atomic E-state index is 12.8. The molecule has 2 fully saturated rings. The Balaban J connectivity index is 1.28. The molecule has 2 aromatic heterocycles. The van der Waals surface area contributed by atoms with Crippen LogP contribution < -0.4 is 10.2 Å². The van der Waals surface area contributed by atoms with Crippen LogP contribution in [-0.2, 0) is 4.79 Å². The third-order valence-electron chi connectivity index (χ3n) is 5.64. The maximum Gasteiger partial charge on any atom is 0.223 e. The third kappa shape index (κ3) is 4.48. The number of rotatable bonds is 5. The van der Waals surface area contributed by atoms with Gasteiger partial charge in [0.05, 0.1) is 0 Å². The van der Waals surface area contributed by atoms with E-state index in [9.17, 15) is 4.79 Å². The molecule has 2 aliphatic heterocycles. The van der Waals surface area contributed by atoms with Crippen molar-refractivity contribution >= 4 is 11.7 Å². The lowest BCUT2D eigenvalue weighted by molar-refractivity contribution is -0.132. The van der Waals surface area contributed by atoms with Crippen molar-refractivity contribution in [2.24, 2.45) is 0 Å². The Hall–Kier alpha value is -2.51. The number of piperazine rings is 2. The Morgan fingerprint density at radius 3 is 2.71 bits per heavy atom. The molecule has 4 heterocycles. The highest BCUT2D eigenvalue weighted by Gasteiger charge is 2.26. The minimum atomic E-state index is 0.254. The number of nitrogens with zero attached hydrogens (tertiary/aromatic N) is 5. The van der Waals surface area contributed by atoms with Gasteiger partial charge in [0, 0.05) is 83.4 Å². The Morgan fingerprint density at radius 1 is 1.07 bits per heavy atom. The van der Waals surface area contributed by atoms with Crippen molar-refractivity contribution in [2.45, 2.75) is 12.5 Å². The van der Waals surface area contributed by atoms with E-state index in [1.807, 2.05) is 41.6 Å². The second-order valence-electron chi connectivity index (χ2n) is 7.35. The van der Waals surface area contributed by atoms with Crippen LogP contribution in [-0.4, -0.2) is 78.0 Å². The van der Waals surface area contributed by atoms with Crippen molar-refractivity contribution in [1.82, 2.24) is 25.1 Å². The highest BCUT2D eigenvalue weighted by Crippen LogP contribution is 2.22. The molecule has 1 amide bonds. The van der Waals surface area contributed by atoms with Crippen molar-refractivity contribution in [2.75, 3.05) is 57.3 Å². The second kappa shape index (κ2) is 9.12. The fourth-order valence-corrected chi connectivity index (χ4v) is 4.04. The number of pyridine rings is 2. The van der Waals surface area contributed by atoms with Crippen LogP contribution in [0, 0.1) is 0 Å². The molecule has 0 bridgehead atoms. The van der Waals surface area contributed by atoms with Crippen LogP contribution in [0.5, 0.6) is 0 Å². The molecule has 4 rings (SSSR count). The first kappa shape index (κ1) is 18.8. The molecule has 1 N–H and O–H groups in total. The van der Waals surface area contributed by atoms with E-state index in [0.717, 1.165) is 58.2 Å². The predicted molar refractivity (Wildman–Crippen MR) is 109 cm³/mol.